The molecular formula is C26H21N3O3. The number of pyridine rings is 1. The Balaban J connectivity index is 1.32. The Morgan fingerprint density at radius 1 is 1.06 bits per heavy atom. The largest absolute Gasteiger partial charge is 0.465 e. The summed E-state index contributed by atoms with van der Waals surface area (Å²) in [5.74, 6) is 1.79. The number of allylic oxidation sites excluding steroid dienone is 4. The second-order valence-electron chi connectivity index (χ2n) is 7.85. The molecule has 2 aliphatic rings. The van der Waals surface area contributed by atoms with E-state index in [1.807, 2.05) is 30.5 Å². The number of aromatic amines is 1. The fourth-order valence-electron chi connectivity index (χ4n) is 4.10. The third kappa shape index (κ3) is 3.17. The van der Waals surface area contributed by atoms with Gasteiger partial charge in [-0.1, -0.05) is 18.2 Å². The van der Waals surface area contributed by atoms with Crippen molar-refractivity contribution in [1.82, 2.24) is 9.97 Å². The summed E-state index contributed by atoms with van der Waals surface area (Å²) in [7, 11) is 0. The first-order valence-corrected chi connectivity index (χ1v) is 10.6. The maximum atomic E-state index is 6.19. The second-order valence-corrected chi connectivity index (χ2v) is 7.85. The number of nitrogens with one attached hydrogen (secondary N) is 2. The third-order valence-electron chi connectivity index (χ3n) is 5.83. The van der Waals surface area contributed by atoms with Crippen LogP contribution in [-0.4, -0.2) is 9.97 Å². The van der Waals surface area contributed by atoms with Crippen LogP contribution < -0.4 is 5.32 Å². The van der Waals surface area contributed by atoms with Gasteiger partial charge in [-0.2, -0.15) is 0 Å². The SMILES string of the molecule is Cc1c(Nc2ccnc3cc(C4=COC=C(C5=CC=CCC5)O4)oc23)ccc2[nH]ccc12. The number of H-pyrrole nitrogens is 1. The molecule has 0 spiro atoms. The number of rotatable bonds is 4. The van der Waals surface area contributed by atoms with Crippen molar-refractivity contribution >= 4 is 39.1 Å². The first-order chi connectivity index (χ1) is 15.8. The van der Waals surface area contributed by atoms with Crippen LogP contribution in [0, 0.1) is 6.92 Å². The molecule has 0 saturated carbocycles. The number of hydrogen-bond acceptors (Lipinski definition) is 5. The number of hydrogen-bond donors (Lipinski definition) is 2. The van der Waals surface area contributed by atoms with E-state index >= 15 is 0 Å². The molecule has 0 fully saturated rings. The van der Waals surface area contributed by atoms with Crippen molar-refractivity contribution in [2.45, 2.75) is 19.8 Å². The van der Waals surface area contributed by atoms with Crippen LogP contribution in [0.4, 0.5) is 11.4 Å². The molecule has 4 aromatic rings. The summed E-state index contributed by atoms with van der Waals surface area (Å²) in [6.45, 7) is 2.10. The lowest BCUT2D eigenvalue weighted by Crippen LogP contribution is -2.02. The Morgan fingerprint density at radius 2 is 2.00 bits per heavy atom. The summed E-state index contributed by atoms with van der Waals surface area (Å²) < 4.78 is 17.9. The van der Waals surface area contributed by atoms with E-state index in [0.29, 0.717) is 22.9 Å². The van der Waals surface area contributed by atoms with Gasteiger partial charge in [-0.15, -0.1) is 0 Å². The van der Waals surface area contributed by atoms with Gasteiger partial charge in [0.2, 0.25) is 5.76 Å². The summed E-state index contributed by atoms with van der Waals surface area (Å²) in [4.78, 5) is 7.72. The van der Waals surface area contributed by atoms with Gasteiger partial charge in [-0.05, 0) is 55.2 Å². The minimum Gasteiger partial charge on any atom is -0.465 e. The highest BCUT2D eigenvalue weighted by Gasteiger charge is 2.21. The zero-order chi connectivity index (χ0) is 21.5. The molecule has 1 aromatic carbocycles. The molecule has 4 heterocycles. The molecule has 0 saturated heterocycles. The number of ether oxygens (including phenoxy) is 2. The smallest absolute Gasteiger partial charge is 0.205 e. The van der Waals surface area contributed by atoms with Gasteiger partial charge < -0.3 is 24.2 Å². The van der Waals surface area contributed by atoms with Crippen molar-refractivity contribution in [3.63, 3.8) is 0 Å². The Bertz CT molecular complexity index is 1470. The van der Waals surface area contributed by atoms with E-state index < -0.39 is 0 Å². The van der Waals surface area contributed by atoms with E-state index in [2.05, 4.69) is 46.5 Å². The van der Waals surface area contributed by atoms with Crippen LogP contribution in [0.2, 0.25) is 0 Å². The zero-order valence-corrected chi connectivity index (χ0v) is 17.5. The predicted octanol–water partition coefficient (Wildman–Crippen LogP) is 6.82. The average molecular weight is 423 g/mol. The second kappa shape index (κ2) is 7.50. The maximum absolute atomic E-state index is 6.19. The van der Waals surface area contributed by atoms with Crippen LogP contribution in [0.3, 0.4) is 0 Å². The molecule has 1 aliphatic carbocycles. The van der Waals surface area contributed by atoms with Gasteiger partial charge in [0, 0.05) is 35.1 Å². The highest BCUT2D eigenvalue weighted by molar-refractivity contribution is 5.93. The summed E-state index contributed by atoms with van der Waals surface area (Å²) in [5.41, 5.74) is 6.64. The molecule has 158 valence electrons. The Hall–Kier alpha value is -4.19. The predicted molar refractivity (Wildman–Crippen MR) is 125 cm³/mol. The van der Waals surface area contributed by atoms with Crippen molar-refractivity contribution < 1.29 is 13.9 Å². The normalized spacial score (nSPS) is 15.7. The maximum Gasteiger partial charge on any atom is 0.205 e. The van der Waals surface area contributed by atoms with Crippen molar-refractivity contribution in [2.75, 3.05) is 5.32 Å². The van der Waals surface area contributed by atoms with Crippen molar-refractivity contribution in [2.24, 2.45) is 0 Å². The van der Waals surface area contributed by atoms with Crippen LogP contribution in [0.5, 0.6) is 0 Å². The molecule has 0 amide bonds. The zero-order valence-electron chi connectivity index (χ0n) is 17.5. The lowest BCUT2D eigenvalue weighted by atomic mass is 10.0. The van der Waals surface area contributed by atoms with E-state index in [0.717, 1.165) is 46.4 Å². The van der Waals surface area contributed by atoms with Crippen molar-refractivity contribution in [1.29, 1.82) is 0 Å². The van der Waals surface area contributed by atoms with E-state index in [-0.39, 0.29) is 0 Å². The van der Waals surface area contributed by atoms with Crippen LogP contribution in [0.15, 0.2) is 89.2 Å². The first kappa shape index (κ1) is 18.6. The highest BCUT2D eigenvalue weighted by atomic mass is 16.5. The lowest BCUT2D eigenvalue weighted by molar-refractivity contribution is 0.278. The summed E-state index contributed by atoms with van der Waals surface area (Å²) in [6.07, 6.45) is 15.0. The van der Waals surface area contributed by atoms with E-state index in [4.69, 9.17) is 13.9 Å². The molecule has 6 rings (SSSR count). The van der Waals surface area contributed by atoms with Crippen LogP contribution >= 0.6 is 0 Å². The topological polar surface area (TPSA) is 72.3 Å². The van der Waals surface area contributed by atoms with E-state index in [1.165, 1.54) is 5.39 Å². The molecule has 32 heavy (non-hydrogen) atoms. The fraction of sp³-hybridized carbons (Fsp3) is 0.115. The lowest BCUT2D eigenvalue weighted by Gasteiger charge is -2.18. The van der Waals surface area contributed by atoms with Crippen molar-refractivity contribution in [3.05, 3.63) is 96.1 Å². The third-order valence-corrected chi connectivity index (χ3v) is 5.83. The number of benzene rings is 1. The highest BCUT2D eigenvalue weighted by Crippen LogP contribution is 2.36. The monoisotopic (exact) mass is 423 g/mol. The van der Waals surface area contributed by atoms with Gasteiger partial charge in [0.05, 0.1) is 5.69 Å². The van der Waals surface area contributed by atoms with Gasteiger partial charge >= 0.3 is 0 Å². The molecule has 2 N–H and O–H groups in total. The number of aromatic nitrogens is 2. The molecule has 0 unspecified atom stereocenters. The molecule has 6 heteroatoms. The minimum atomic E-state index is 0.520. The first-order valence-electron chi connectivity index (χ1n) is 10.6. The molecule has 6 nitrogen and oxygen atoms in total. The van der Waals surface area contributed by atoms with E-state index in [1.54, 1.807) is 18.7 Å². The van der Waals surface area contributed by atoms with Gasteiger partial charge in [0.15, 0.2) is 17.1 Å². The Kier molecular flexibility index (Phi) is 4.35. The number of nitrogens with zero attached hydrogens (tertiary/aromatic N) is 1. The number of fused-ring (bicyclic) bond motifs is 2. The molecule has 3 aromatic heterocycles. The number of furan rings is 1. The number of aryl methyl sites for hydroxylation is 1. The molecule has 0 bridgehead atoms. The van der Waals surface area contributed by atoms with E-state index in [9.17, 15) is 0 Å². The molecule has 0 radical (unpaired) electrons. The molecule has 1 aliphatic heterocycles. The summed E-state index contributed by atoms with van der Waals surface area (Å²) in [6, 6.07) is 9.99. The minimum absolute atomic E-state index is 0.520. The fourth-order valence-corrected chi connectivity index (χ4v) is 4.10. The van der Waals surface area contributed by atoms with Gasteiger partial charge in [-0.25, -0.2) is 0 Å². The van der Waals surface area contributed by atoms with Crippen LogP contribution in [-0.2, 0) is 9.47 Å². The summed E-state index contributed by atoms with van der Waals surface area (Å²) in [5, 5.41) is 4.69. The summed E-state index contributed by atoms with van der Waals surface area (Å²) >= 11 is 0. The molecular weight excluding hydrogens is 402 g/mol. The van der Waals surface area contributed by atoms with Gasteiger partial charge in [0.1, 0.15) is 18.0 Å². The molecule has 0 atom stereocenters. The average Bonchev–Trinajstić information content (AvgIpc) is 3.50. The standard InChI is InChI=1S/C26H21N3O3/c1-16-18-9-11-27-20(18)8-7-19(16)29-21-10-12-28-22-13-23(32-26(21)22)25-15-30-14-24(31-25)17-5-3-2-4-6-17/h2-3,5,7-15,27H,4,6H2,1H3,(H,28,29). The number of anilines is 2. The van der Waals surface area contributed by atoms with Crippen LogP contribution in [0.1, 0.15) is 24.2 Å². The van der Waals surface area contributed by atoms with Crippen molar-refractivity contribution in [3.8, 4) is 0 Å². The Morgan fingerprint density at radius 3 is 2.91 bits per heavy atom. The van der Waals surface area contributed by atoms with Gasteiger partial charge in [-0.3, -0.25) is 4.98 Å². The van der Waals surface area contributed by atoms with Gasteiger partial charge in [0.25, 0.3) is 0 Å². The Labute approximate surface area is 184 Å². The van der Waals surface area contributed by atoms with Crippen LogP contribution in [0.25, 0.3) is 27.8 Å². The quantitative estimate of drug-likeness (QED) is 0.377.